The molecule has 0 fully saturated rings. The Morgan fingerprint density at radius 1 is 1.33 bits per heavy atom. The summed E-state index contributed by atoms with van der Waals surface area (Å²) in [7, 11) is 3.41. The quantitative estimate of drug-likeness (QED) is 0.924. The lowest BCUT2D eigenvalue weighted by atomic mass is 10.1. The van der Waals surface area contributed by atoms with Crippen molar-refractivity contribution >= 4 is 17.5 Å². The number of anilines is 1. The largest absolute Gasteiger partial charge is 0.496 e. The van der Waals surface area contributed by atoms with Gasteiger partial charge in [-0.2, -0.15) is 0 Å². The molecule has 0 radical (unpaired) electrons. The van der Waals surface area contributed by atoms with Crippen LogP contribution in [0.15, 0.2) is 24.4 Å². The van der Waals surface area contributed by atoms with Crippen LogP contribution in [0.1, 0.15) is 5.56 Å². The van der Waals surface area contributed by atoms with Crippen LogP contribution in [0.2, 0.25) is 5.02 Å². The van der Waals surface area contributed by atoms with Crippen LogP contribution in [-0.4, -0.2) is 24.1 Å². The Balaban J connectivity index is 2.63. The van der Waals surface area contributed by atoms with E-state index in [0.29, 0.717) is 11.0 Å². The van der Waals surface area contributed by atoms with Gasteiger partial charge in [0.2, 0.25) is 5.95 Å². The van der Waals surface area contributed by atoms with E-state index in [9.17, 15) is 0 Å². The van der Waals surface area contributed by atoms with Gasteiger partial charge in [-0.05, 0) is 30.7 Å². The lowest BCUT2D eigenvalue weighted by molar-refractivity contribution is 0.416. The number of aryl methyl sites for hydroxylation is 1. The van der Waals surface area contributed by atoms with E-state index in [1.165, 1.54) is 0 Å². The first-order chi connectivity index (χ1) is 8.65. The predicted octanol–water partition coefficient (Wildman–Crippen LogP) is 3.16. The summed E-state index contributed by atoms with van der Waals surface area (Å²) in [5.74, 6) is 1.31. The summed E-state index contributed by atoms with van der Waals surface area (Å²) in [6.07, 6.45) is 1.77. The van der Waals surface area contributed by atoms with Gasteiger partial charge in [0.05, 0.1) is 12.8 Å². The minimum atomic E-state index is 0.567. The van der Waals surface area contributed by atoms with E-state index >= 15 is 0 Å². The summed E-state index contributed by atoms with van der Waals surface area (Å²) in [6.45, 7) is 1.95. The maximum absolute atomic E-state index is 6.04. The van der Waals surface area contributed by atoms with Crippen molar-refractivity contribution < 1.29 is 4.74 Å². The number of hydrogen-bond acceptors (Lipinski definition) is 4. The molecule has 0 aliphatic carbocycles. The van der Waals surface area contributed by atoms with Gasteiger partial charge in [0.15, 0.2) is 0 Å². The molecule has 0 unspecified atom stereocenters. The number of nitrogens with zero attached hydrogens (tertiary/aromatic N) is 2. The molecular weight excluding hydrogens is 250 g/mol. The molecule has 0 atom stereocenters. The summed E-state index contributed by atoms with van der Waals surface area (Å²) >= 11 is 6.04. The van der Waals surface area contributed by atoms with Gasteiger partial charge in [0.25, 0.3) is 0 Å². The van der Waals surface area contributed by atoms with Crippen LogP contribution in [0.25, 0.3) is 11.3 Å². The molecule has 94 valence electrons. The van der Waals surface area contributed by atoms with E-state index in [2.05, 4.69) is 15.3 Å². The van der Waals surface area contributed by atoms with Gasteiger partial charge >= 0.3 is 0 Å². The predicted molar refractivity (Wildman–Crippen MR) is 73.3 cm³/mol. The molecule has 2 rings (SSSR count). The first kappa shape index (κ1) is 12.6. The number of rotatable bonds is 3. The second-order valence-electron chi connectivity index (χ2n) is 3.82. The summed E-state index contributed by atoms with van der Waals surface area (Å²) in [6, 6.07) is 5.47. The molecule has 0 spiro atoms. The molecule has 2 aromatic rings. The summed E-state index contributed by atoms with van der Waals surface area (Å²) in [5, 5.41) is 3.57. The van der Waals surface area contributed by atoms with E-state index in [4.69, 9.17) is 16.3 Å². The monoisotopic (exact) mass is 263 g/mol. The fourth-order valence-corrected chi connectivity index (χ4v) is 1.87. The van der Waals surface area contributed by atoms with E-state index in [1.807, 2.05) is 19.1 Å². The Morgan fingerprint density at radius 2 is 2.11 bits per heavy atom. The van der Waals surface area contributed by atoms with Crippen LogP contribution in [0.3, 0.4) is 0 Å². The Kier molecular flexibility index (Phi) is 3.67. The zero-order chi connectivity index (χ0) is 13.1. The molecule has 0 saturated carbocycles. The zero-order valence-electron chi connectivity index (χ0n) is 10.5. The van der Waals surface area contributed by atoms with Crippen LogP contribution in [-0.2, 0) is 0 Å². The Hall–Kier alpha value is -1.81. The first-order valence-electron chi connectivity index (χ1n) is 5.51. The van der Waals surface area contributed by atoms with Gasteiger partial charge in [-0.25, -0.2) is 9.97 Å². The van der Waals surface area contributed by atoms with Crippen LogP contribution in [0.4, 0.5) is 5.95 Å². The fourth-order valence-electron chi connectivity index (χ4n) is 1.70. The normalized spacial score (nSPS) is 10.2. The molecule has 0 bridgehead atoms. The van der Waals surface area contributed by atoms with Crippen LogP contribution < -0.4 is 10.1 Å². The molecule has 1 heterocycles. The van der Waals surface area contributed by atoms with Crippen molar-refractivity contribution in [3.8, 4) is 17.0 Å². The number of halogens is 1. The summed E-state index contributed by atoms with van der Waals surface area (Å²) < 4.78 is 5.34. The van der Waals surface area contributed by atoms with Crippen molar-refractivity contribution in [1.82, 2.24) is 9.97 Å². The number of aromatic nitrogens is 2. The minimum Gasteiger partial charge on any atom is -0.496 e. The van der Waals surface area contributed by atoms with Crippen LogP contribution >= 0.6 is 11.6 Å². The number of hydrogen-bond donors (Lipinski definition) is 1. The number of methoxy groups -OCH3 is 1. The Labute approximate surface area is 111 Å². The number of ether oxygens (including phenoxy) is 1. The average molecular weight is 264 g/mol. The highest BCUT2D eigenvalue weighted by molar-refractivity contribution is 6.31. The minimum absolute atomic E-state index is 0.567. The van der Waals surface area contributed by atoms with Gasteiger partial charge in [-0.1, -0.05) is 11.6 Å². The maximum Gasteiger partial charge on any atom is 0.222 e. The van der Waals surface area contributed by atoms with Gasteiger partial charge in [0, 0.05) is 23.8 Å². The molecular formula is C13H14ClN3O. The molecule has 1 aromatic heterocycles. The second kappa shape index (κ2) is 5.23. The van der Waals surface area contributed by atoms with E-state index in [1.54, 1.807) is 26.4 Å². The highest BCUT2D eigenvalue weighted by Crippen LogP contribution is 2.33. The number of benzene rings is 1. The SMILES string of the molecule is CNc1ncc(C)c(-c2cc(Cl)ccc2OC)n1. The van der Waals surface area contributed by atoms with Crippen molar-refractivity contribution in [3.05, 3.63) is 35.0 Å². The third-order valence-corrected chi connectivity index (χ3v) is 2.85. The van der Waals surface area contributed by atoms with Crippen molar-refractivity contribution in [1.29, 1.82) is 0 Å². The molecule has 0 saturated heterocycles. The molecule has 4 nitrogen and oxygen atoms in total. The van der Waals surface area contributed by atoms with Crippen molar-refractivity contribution in [3.63, 3.8) is 0 Å². The Morgan fingerprint density at radius 3 is 2.78 bits per heavy atom. The van der Waals surface area contributed by atoms with Gasteiger partial charge in [-0.15, -0.1) is 0 Å². The fraction of sp³-hybridized carbons (Fsp3) is 0.231. The Bertz CT molecular complexity index is 572. The molecule has 0 aliphatic heterocycles. The standard InChI is InChI=1S/C13H14ClN3O/c1-8-7-16-13(15-2)17-12(8)10-6-9(14)4-5-11(10)18-3/h4-7H,1-3H3,(H,15,16,17). The smallest absolute Gasteiger partial charge is 0.222 e. The third-order valence-electron chi connectivity index (χ3n) is 2.61. The lowest BCUT2D eigenvalue weighted by Crippen LogP contribution is -2.00. The molecule has 1 N–H and O–H groups in total. The zero-order valence-corrected chi connectivity index (χ0v) is 11.2. The average Bonchev–Trinajstić information content (AvgIpc) is 2.39. The van der Waals surface area contributed by atoms with Crippen LogP contribution in [0.5, 0.6) is 5.75 Å². The summed E-state index contributed by atoms with van der Waals surface area (Å²) in [4.78, 5) is 8.61. The van der Waals surface area contributed by atoms with Crippen LogP contribution in [0, 0.1) is 6.92 Å². The first-order valence-corrected chi connectivity index (χ1v) is 5.89. The van der Waals surface area contributed by atoms with Gasteiger partial charge in [0.1, 0.15) is 5.75 Å². The van der Waals surface area contributed by atoms with Crippen molar-refractivity contribution in [2.24, 2.45) is 0 Å². The van der Waals surface area contributed by atoms with E-state index in [-0.39, 0.29) is 0 Å². The highest BCUT2D eigenvalue weighted by Gasteiger charge is 2.12. The van der Waals surface area contributed by atoms with Crippen molar-refractivity contribution in [2.75, 3.05) is 19.5 Å². The van der Waals surface area contributed by atoms with Gasteiger partial charge in [-0.3, -0.25) is 0 Å². The second-order valence-corrected chi connectivity index (χ2v) is 4.26. The molecule has 18 heavy (non-hydrogen) atoms. The van der Waals surface area contributed by atoms with Gasteiger partial charge < -0.3 is 10.1 Å². The molecule has 1 aromatic carbocycles. The lowest BCUT2D eigenvalue weighted by Gasteiger charge is -2.11. The number of nitrogens with one attached hydrogen (secondary N) is 1. The van der Waals surface area contributed by atoms with E-state index in [0.717, 1.165) is 22.6 Å². The molecule has 0 amide bonds. The molecule has 0 aliphatic rings. The maximum atomic E-state index is 6.04. The topological polar surface area (TPSA) is 47.0 Å². The summed E-state index contributed by atoms with van der Waals surface area (Å²) in [5.41, 5.74) is 2.64. The highest BCUT2D eigenvalue weighted by atomic mass is 35.5. The van der Waals surface area contributed by atoms with E-state index < -0.39 is 0 Å². The molecule has 5 heteroatoms. The third kappa shape index (κ3) is 2.38. The van der Waals surface area contributed by atoms with Crippen molar-refractivity contribution in [2.45, 2.75) is 6.92 Å².